The fraction of sp³-hybridized carbons (Fsp3) is 0.625. The zero-order valence-corrected chi connectivity index (χ0v) is 13.5. The number of unbranched alkanes of at least 4 members (excludes halogenated alkanes) is 1. The van der Waals surface area contributed by atoms with Gasteiger partial charge in [-0.05, 0) is 59.3 Å². The minimum atomic E-state index is -0.368. The van der Waals surface area contributed by atoms with E-state index in [1.807, 2.05) is 12.1 Å². The fourth-order valence-corrected chi connectivity index (χ4v) is 2.07. The molecular formula is C16H27N3O2. The Morgan fingerprint density at radius 3 is 2.33 bits per heavy atom. The van der Waals surface area contributed by atoms with Crippen LogP contribution in [0.1, 0.15) is 45.2 Å². The van der Waals surface area contributed by atoms with Gasteiger partial charge in [0.1, 0.15) is 0 Å². The minimum Gasteiger partial charge on any atom is -0.310 e. The van der Waals surface area contributed by atoms with Crippen molar-refractivity contribution in [1.82, 2.24) is 10.2 Å². The Balaban J connectivity index is 2.27. The molecule has 5 heteroatoms. The average molecular weight is 293 g/mol. The summed E-state index contributed by atoms with van der Waals surface area (Å²) in [5.74, 6) is 0. The fourth-order valence-electron chi connectivity index (χ4n) is 2.07. The molecule has 118 valence electrons. The SMILES string of the molecule is CC(NCCCCN(C)C(C)C)c1ccc([N+](=O)[O-])cc1. The van der Waals surface area contributed by atoms with Gasteiger partial charge in [-0.1, -0.05) is 12.1 Å². The van der Waals surface area contributed by atoms with Crippen LogP contribution in [0.4, 0.5) is 5.69 Å². The normalized spacial score (nSPS) is 12.9. The molecule has 0 heterocycles. The molecule has 21 heavy (non-hydrogen) atoms. The molecule has 0 spiro atoms. The highest BCUT2D eigenvalue weighted by Gasteiger charge is 2.08. The van der Waals surface area contributed by atoms with Crippen molar-refractivity contribution in [2.45, 2.75) is 45.7 Å². The number of nitro groups is 1. The predicted octanol–water partition coefficient (Wildman–Crippen LogP) is 3.37. The smallest absolute Gasteiger partial charge is 0.269 e. The van der Waals surface area contributed by atoms with Gasteiger partial charge in [0, 0.05) is 24.2 Å². The van der Waals surface area contributed by atoms with Gasteiger partial charge in [-0.3, -0.25) is 10.1 Å². The second-order valence-electron chi connectivity index (χ2n) is 5.81. The topological polar surface area (TPSA) is 58.4 Å². The van der Waals surface area contributed by atoms with Gasteiger partial charge in [0.25, 0.3) is 5.69 Å². The molecule has 0 radical (unpaired) electrons. The average Bonchev–Trinajstić information content (AvgIpc) is 2.46. The summed E-state index contributed by atoms with van der Waals surface area (Å²) in [4.78, 5) is 12.6. The minimum absolute atomic E-state index is 0.141. The number of hydrogen-bond acceptors (Lipinski definition) is 4. The Morgan fingerprint density at radius 1 is 1.19 bits per heavy atom. The lowest BCUT2D eigenvalue weighted by Crippen LogP contribution is -2.28. The first-order chi connectivity index (χ1) is 9.91. The first-order valence-corrected chi connectivity index (χ1v) is 7.59. The zero-order valence-electron chi connectivity index (χ0n) is 13.5. The third kappa shape index (κ3) is 6.23. The number of rotatable bonds is 9. The molecule has 0 aromatic heterocycles. The summed E-state index contributed by atoms with van der Waals surface area (Å²) in [6, 6.07) is 7.58. The van der Waals surface area contributed by atoms with Crippen molar-refractivity contribution in [1.29, 1.82) is 0 Å². The van der Waals surface area contributed by atoms with E-state index in [0.717, 1.165) is 25.1 Å². The lowest BCUT2D eigenvalue weighted by molar-refractivity contribution is -0.384. The largest absolute Gasteiger partial charge is 0.310 e. The molecule has 1 atom stereocenters. The molecule has 0 amide bonds. The molecule has 0 fully saturated rings. The summed E-state index contributed by atoms with van der Waals surface area (Å²) >= 11 is 0. The molecule has 5 nitrogen and oxygen atoms in total. The van der Waals surface area contributed by atoms with Crippen LogP contribution < -0.4 is 5.32 Å². The molecule has 0 aliphatic heterocycles. The molecule has 1 aromatic carbocycles. The van der Waals surface area contributed by atoms with E-state index in [2.05, 4.69) is 38.0 Å². The monoisotopic (exact) mass is 293 g/mol. The summed E-state index contributed by atoms with van der Waals surface area (Å²) in [6.07, 6.45) is 2.31. The van der Waals surface area contributed by atoms with Crippen LogP contribution >= 0.6 is 0 Å². The summed E-state index contributed by atoms with van der Waals surface area (Å²) in [7, 11) is 2.15. The van der Waals surface area contributed by atoms with E-state index in [1.54, 1.807) is 12.1 Å². The van der Waals surface area contributed by atoms with Gasteiger partial charge in [0.15, 0.2) is 0 Å². The maximum Gasteiger partial charge on any atom is 0.269 e. The third-order valence-electron chi connectivity index (χ3n) is 3.87. The van der Waals surface area contributed by atoms with Crippen LogP contribution in [0.5, 0.6) is 0 Å². The van der Waals surface area contributed by atoms with Crippen molar-refractivity contribution >= 4 is 5.69 Å². The van der Waals surface area contributed by atoms with E-state index < -0.39 is 0 Å². The maximum absolute atomic E-state index is 10.6. The second kappa shape index (κ2) is 8.74. The summed E-state index contributed by atoms with van der Waals surface area (Å²) < 4.78 is 0. The first-order valence-electron chi connectivity index (χ1n) is 7.59. The molecule has 0 saturated carbocycles. The van der Waals surface area contributed by atoms with E-state index in [4.69, 9.17) is 0 Å². The number of nitrogens with one attached hydrogen (secondary N) is 1. The molecule has 1 N–H and O–H groups in total. The molecule has 1 rings (SSSR count). The molecule has 1 aromatic rings. The van der Waals surface area contributed by atoms with Gasteiger partial charge in [-0.15, -0.1) is 0 Å². The standard InChI is InChI=1S/C16H27N3O2/c1-13(2)18(4)12-6-5-11-17-14(3)15-7-9-16(10-8-15)19(20)21/h7-10,13-14,17H,5-6,11-12H2,1-4H3. The van der Waals surface area contributed by atoms with Gasteiger partial charge < -0.3 is 10.2 Å². The zero-order chi connectivity index (χ0) is 15.8. The lowest BCUT2D eigenvalue weighted by atomic mass is 10.1. The maximum atomic E-state index is 10.6. The summed E-state index contributed by atoms with van der Waals surface area (Å²) in [5, 5.41) is 14.1. The van der Waals surface area contributed by atoms with E-state index in [1.165, 1.54) is 6.42 Å². The molecular weight excluding hydrogens is 266 g/mol. The van der Waals surface area contributed by atoms with Crippen LogP contribution in [-0.4, -0.2) is 36.0 Å². The predicted molar refractivity (Wildman–Crippen MR) is 86.5 cm³/mol. The number of nitrogens with zero attached hydrogens (tertiary/aromatic N) is 2. The number of non-ortho nitro benzene ring substituents is 1. The van der Waals surface area contributed by atoms with E-state index in [-0.39, 0.29) is 16.7 Å². The van der Waals surface area contributed by atoms with Crippen LogP contribution in [0, 0.1) is 10.1 Å². The van der Waals surface area contributed by atoms with Crippen molar-refractivity contribution < 1.29 is 4.92 Å². The van der Waals surface area contributed by atoms with Crippen LogP contribution in [0.15, 0.2) is 24.3 Å². The van der Waals surface area contributed by atoms with Crippen LogP contribution in [0.2, 0.25) is 0 Å². The lowest BCUT2D eigenvalue weighted by Gasteiger charge is -2.21. The Hall–Kier alpha value is -1.46. The highest BCUT2D eigenvalue weighted by molar-refractivity contribution is 5.33. The number of nitro benzene ring substituents is 1. The van der Waals surface area contributed by atoms with Crippen molar-refractivity contribution in [3.05, 3.63) is 39.9 Å². The van der Waals surface area contributed by atoms with Crippen molar-refractivity contribution in [2.24, 2.45) is 0 Å². The van der Waals surface area contributed by atoms with Gasteiger partial charge in [-0.2, -0.15) is 0 Å². The van der Waals surface area contributed by atoms with E-state index in [0.29, 0.717) is 6.04 Å². The van der Waals surface area contributed by atoms with Crippen molar-refractivity contribution in [3.8, 4) is 0 Å². The molecule has 0 aliphatic rings. The van der Waals surface area contributed by atoms with E-state index >= 15 is 0 Å². The van der Waals surface area contributed by atoms with Crippen LogP contribution in [-0.2, 0) is 0 Å². The van der Waals surface area contributed by atoms with Crippen molar-refractivity contribution in [3.63, 3.8) is 0 Å². The number of benzene rings is 1. The third-order valence-corrected chi connectivity index (χ3v) is 3.87. The second-order valence-corrected chi connectivity index (χ2v) is 5.81. The first kappa shape index (κ1) is 17.6. The summed E-state index contributed by atoms with van der Waals surface area (Å²) in [6.45, 7) is 8.57. The summed E-state index contributed by atoms with van der Waals surface area (Å²) in [5.41, 5.74) is 1.22. The Kier molecular flexibility index (Phi) is 7.32. The van der Waals surface area contributed by atoms with Crippen molar-refractivity contribution in [2.75, 3.05) is 20.1 Å². The Labute approximate surface area is 127 Å². The number of hydrogen-bond donors (Lipinski definition) is 1. The van der Waals surface area contributed by atoms with Crippen LogP contribution in [0.25, 0.3) is 0 Å². The van der Waals surface area contributed by atoms with Gasteiger partial charge in [0.2, 0.25) is 0 Å². The van der Waals surface area contributed by atoms with Gasteiger partial charge in [-0.25, -0.2) is 0 Å². The molecule has 1 unspecified atom stereocenters. The quantitative estimate of drug-likeness (QED) is 0.431. The van der Waals surface area contributed by atoms with Gasteiger partial charge >= 0.3 is 0 Å². The van der Waals surface area contributed by atoms with Crippen LogP contribution in [0.3, 0.4) is 0 Å². The van der Waals surface area contributed by atoms with Gasteiger partial charge in [0.05, 0.1) is 4.92 Å². The van der Waals surface area contributed by atoms with E-state index in [9.17, 15) is 10.1 Å². The Bertz CT molecular complexity index is 432. The highest BCUT2D eigenvalue weighted by atomic mass is 16.6. The highest BCUT2D eigenvalue weighted by Crippen LogP contribution is 2.17. The Morgan fingerprint density at radius 2 is 1.81 bits per heavy atom. The molecule has 0 bridgehead atoms. The molecule has 0 saturated heterocycles. The molecule has 0 aliphatic carbocycles.